The second-order valence-corrected chi connectivity index (χ2v) is 4.60. The van der Waals surface area contributed by atoms with Gasteiger partial charge in [0.2, 0.25) is 0 Å². The molecule has 0 saturated heterocycles. The van der Waals surface area contributed by atoms with E-state index in [1.165, 1.54) is 32.3 Å². The molecule has 0 bridgehead atoms. The lowest BCUT2D eigenvalue weighted by atomic mass is 10.00. The summed E-state index contributed by atoms with van der Waals surface area (Å²) >= 11 is 0. The van der Waals surface area contributed by atoms with E-state index in [4.69, 9.17) is 0 Å². The summed E-state index contributed by atoms with van der Waals surface area (Å²) in [6.45, 7) is 0. The van der Waals surface area contributed by atoms with Crippen molar-refractivity contribution in [3.05, 3.63) is 72.8 Å². The molecule has 0 aromatic heterocycles. The molecule has 4 aromatic rings. The van der Waals surface area contributed by atoms with E-state index >= 15 is 0 Å². The van der Waals surface area contributed by atoms with Crippen LogP contribution in [-0.2, 0) is 0 Å². The van der Waals surface area contributed by atoms with Crippen molar-refractivity contribution in [1.29, 1.82) is 0 Å². The fourth-order valence-corrected chi connectivity index (χ4v) is 2.51. The molecule has 4 aromatic carbocycles. The Balaban J connectivity index is 2.20. The Morgan fingerprint density at radius 3 is 1.44 bits per heavy atom. The second kappa shape index (κ2) is 3.58. The number of benzene rings is 4. The first-order valence-electron chi connectivity index (χ1n) is 6.04. The molecular formula is C18H10. The summed E-state index contributed by atoms with van der Waals surface area (Å²) in [5.41, 5.74) is 0. The summed E-state index contributed by atoms with van der Waals surface area (Å²) in [4.78, 5) is 0. The highest BCUT2D eigenvalue weighted by Crippen LogP contribution is 2.26. The van der Waals surface area contributed by atoms with Gasteiger partial charge < -0.3 is 0 Å². The molecular weight excluding hydrogens is 216 g/mol. The highest BCUT2D eigenvalue weighted by Gasteiger charge is 2.00. The van der Waals surface area contributed by atoms with Crippen LogP contribution in [0.4, 0.5) is 0 Å². The molecule has 82 valence electrons. The van der Waals surface area contributed by atoms with Crippen LogP contribution in [0.5, 0.6) is 0 Å². The number of rotatable bonds is 0. The number of hydrogen-bond acceptors (Lipinski definition) is 0. The molecule has 0 saturated carbocycles. The zero-order valence-electron chi connectivity index (χ0n) is 9.77. The third-order valence-corrected chi connectivity index (χ3v) is 3.44. The summed E-state index contributed by atoms with van der Waals surface area (Å²) in [6.07, 6.45) is 0. The van der Waals surface area contributed by atoms with Crippen LogP contribution in [0.15, 0.2) is 60.7 Å². The van der Waals surface area contributed by atoms with Gasteiger partial charge in [0, 0.05) is 0 Å². The van der Waals surface area contributed by atoms with Crippen LogP contribution in [0.2, 0.25) is 0 Å². The lowest BCUT2D eigenvalue weighted by molar-refractivity contribution is 1.76. The summed E-state index contributed by atoms with van der Waals surface area (Å²) in [7, 11) is 0. The Morgan fingerprint density at radius 2 is 0.944 bits per heavy atom. The van der Waals surface area contributed by atoms with Gasteiger partial charge >= 0.3 is 0 Å². The fraction of sp³-hybridized carbons (Fsp3) is 0. The maximum Gasteiger partial charge on any atom is -0.0171 e. The fourth-order valence-electron chi connectivity index (χ4n) is 2.51. The maximum atomic E-state index is 3.13. The average molecular weight is 226 g/mol. The van der Waals surface area contributed by atoms with Crippen molar-refractivity contribution < 1.29 is 0 Å². The minimum Gasteiger partial charge on any atom is -0.0537 e. The topological polar surface area (TPSA) is 0 Å². The number of fused-ring (bicyclic) bond motifs is 3. The van der Waals surface area contributed by atoms with Crippen molar-refractivity contribution in [3.8, 4) is 0 Å². The molecule has 0 amide bonds. The predicted molar refractivity (Wildman–Crippen MR) is 76.6 cm³/mol. The van der Waals surface area contributed by atoms with E-state index in [2.05, 4.69) is 48.5 Å². The quantitative estimate of drug-likeness (QED) is 0.380. The van der Waals surface area contributed by atoms with E-state index in [9.17, 15) is 0 Å². The van der Waals surface area contributed by atoms with Gasteiger partial charge in [-0.05, 0) is 80.8 Å². The van der Waals surface area contributed by atoms with E-state index in [1.54, 1.807) is 0 Å². The van der Waals surface area contributed by atoms with Gasteiger partial charge in [-0.15, -0.1) is 0 Å². The Morgan fingerprint density at radius 1 is 0.500 bits per heavy atom. The highest BCUT2D eigenvalue weighted by molar-refractivity contribution is 6.04. The van der Waals surface area contributed by atoms with Gasteiger partial charge in [0.05, 0.1) is 0 Å². The SMILES string of the molecule is [c]1ccc2cc3cc4c[c]ccc4cc3cc2c1. The third kappa shape index (κ3) is 1.39. The molecule has 0 heterocycles. The first kappa shape index (κ1) is 9.67. The van der Waals surface area contributed by atoms with Gasteiger partial charge in [0.15, 0.2) is 0 Å². The maximum absolute atomic E-state index is 3.13. The molecule has 4 rings (SSSR count). The molecule has 0 atom stereocenters. The van der Waals surface area contributed by atoms with Crippen LogP contribution in [-0.4, -0.2) is 0 Å². The van der Waals surface area contributed by atoms with Gasteiger partial charge in [-0.25, -0.2) is 0 Å². The van der Waals surface area contributed by atoms with Crippen LogP contribution in [0, 0.1) is 12.1 Å². The lowest BCUT2D eigenvalue weighted by Gasteiger charge is -2.04. The Kier molecular flexibility index (Phi) is 1.92. The molecule has 0 aliphatic heterocycles. The Hall–Kier alpha value is -2.34. The minimum atomic E-state index is 1.24. The summed E-state index contributed by atoms with van der Waals surface area (Å²) in [6, 6.07) is 27.4. The van der Waals surface area contributed by atoms with E-state index in [-0.39, 0.29) is 0 Å². The van der Waals surface area contributed by atoms with Gasteiger partial charge in [-0.3, -0.25) is 0 Å². The van der Waals surface area contributed by atoms with Crippen LogP contribution in [0.25, 0.3) is 32.3 Å². The van der Waals surface area contributed by atoms with Crippen molar-refractivity contribution in [2.75, 3.05) is 0 Å². The number of hydrogen-bond donors (Lipinski definition) is 0. The Labute approximate surface area is 105 Å². The van der Waals surface area contributed by atoms with Gasteiger partial charge in [0.1, 0.15) is 0 Å². The summed E-state index contributed by atoms with van der Waals surface area (Å²) in [5.74, 6) is 0. The molecule has 0 fully saturated rings. The van der Waals surface area contributed by atoms with Crippen molar-refractivity contribution in [2.45, 2.75) is 0 Å². The molecule has 0 heteroatoms. The molecule has 0 N–H and O–H groups in total. The molecule has 18 heavy (non-hydrogen) atoms. The van der Waals surface area contributed by atoms with Crippen LogP contribution in [0.1, 0.15) is 0 Å². The van der Waals surface area contributed by atoms with Gasteiger partial charge in [-0.1, -0.05) is 24.3 Å². The molecule has 0 aliphatic carbocycles. The van der Waals surface area contributed by atoms with E-state index in [0.29, 0.717) is 0 Å². The van der Waals surface area contributed by atoms with Crippen LogP contribution in [0.3, 0.4) is 0 Å². The van der Waals surface area contributed by atoms with Crippen LogP contribution >= 0.6 is 0 Å². The van der Waals surface area contributed by atoms with Crippen molar-refractivity contribution in [1.82, 2.24) is 0 Å². The average Bonchev–Trinajstić information content (AvgIpc) is 2.42. The zero-order chi connectivity index (χ0) is 11.9. The van der Waals surface area contributed by atoms with Crippen molar-refractivity contribution >= 4 is 32.3 Å². The van der Waals surface area contributed by atoms with E-state index < -0.39 is 0 Å². The largest absolute Gasteiger partial charge is 0.0537 e. The normalized spacial score (nSPS) is 11.3. The van der Waals surface area contributed by atoms with Crippen molar-refractivity contribution in [3.63, 3.8) is 0 Å². The molecule has 0 unspecified atom stereocenters. The highest BCUT2D eigenvalue weighted by atomic mass is 14.0. The molecule has 0 aliphatic rings. The van der Waals surface area contributed by atoms with E-state index in [0.717, 1.165) is 0 Å². The summed E-state index contributed by atoms with van der Waals surface area (Å²) < 4.78 is 0. The molecule has 2 radical (unpaired) electrons. The molecule has 0 spiro atoms. The predicted octanol–water partition coefficient (Wildman–Crippen LogP) is 4.75. The smallest absolute Gasteiger partial charge is 0.0171 e. The lowest BCUT2D eigenvalue weighted by Crippen LogP contribution is -1.78. The Bertz CT molecular complexity index is 728. The summed E-state index contributed by atoms with van der Waals surface area (Å²) in [5, 5.41) is 7.57. The molecule has 0 nitrogen and oxygen atoms in total. The van der Waals surface area contributed by atoms with Gasteiger partial charge in [0.25, 0.3) is 0 Å². The minimum absolute atomic E-state index is 1.24. The third-order valence-electron chi connectivity index (χ3n) is 3.44. The van der Waals surface area contributed by atoms with Crippen molar-refractivity contribution in [2.24, 2.45) is 0 Å². The van der Waals surface area contributed by atoms with Crippen LogP contribution < -0.4 is 0 Å². The first-order valence-corrected chi connectivity index (χ1v) is 6.04. The second-order valence-electron chi connectivity index (χ2n) is 4.60. The monoisotopic (exact) mass is 226 g/mol. The van der Waals surface area contributed by atoms with E-state index in [1.807, 2.05) is 24.3 Å². The standard InChI is InChI=1S/C18H10/c1-2-6-14-10-18-12-16-8-4-3-7-15(16)11-17(18)9-13(14)5-1/h1,4-12H. The first-order chi connectivity index (χ1) is 8.90. The zero-order valence-corrected chi connectivity index (χ0v) is 9.77. The van der Waals surface area contributed by atoms with Gasteiger partial charge in [-0.2, -0.15) is 0 Å².